The molecular weight excluding hydrogens is 422 g/mol. The zero-order valence-electron chi connectivity index (χ0n) is 19.1. The summed E-state index contributed by atoms with van der Waals surface area (Å²) in [5.74, 6) is 0. The van der Waals surface area contributed by atoms with Crippen molar-refractivity contribution < 1.29 is 4.74 Å². The van der Waals surface area contributed by atoms with Crippen LogP contribution in [-0.4, -0.2) is 29.9 Å². The normalized spacial score (nSPS) is 19.4. The largest absolute Gasteiger partial charge is 0.371 e. The minimum atomic E-state index is -0.0340. The Balaban J connectivity index is 1.38. The molecule has 2 saturated heterocycles. The van der Waals surface area contributed by atoms with Crippen LogP contribution in [0, 0.1) is 18.3 Å². The third-order valence-corrected chi connectivity index (χ3v) is 7.09. The number of anilines is 1. The number of aryl methyl sites for hydroxylation is 1. The Morgan fingerprint density at radius 2 is 1.59 bits per heavy atom. The molecule has 2 aliphatic heterocycles. The molecule has 2 aliphatic rings. The molecule has 0 radical (unpaired) electrons. The number of pyridine rings is 1. The summed E-state index contributed by atoms with van der Waals surface area (Å²) in [4.78, 5) is 15.9. The third kappa shape index (κ3) is 3.48. The van der Waals surface area contributed by atoms with E-state index in [1.165, 1.54) is 5.69 Å². The maximum atomic E-state index is 13.5. The zero-order valence-corrected chi connectivity index (χ0v) is 19.1. The van der Waals surface area contributed by atoms with Gasteiger partial charge in [-0.2, -0.15) is 5.26 Å². The van der Waals surface area contributed by atoms with Crippen molar-refractivity contribution in [3.63, 3.8) is 0 Å². The number of hydrogen-bond acceptors (Lipinski definition) is 4. The Hall–Kier alpha value is -3.88. The zero-order chi connectivity index (χ0) is 23.2. The molecule has 2 fully saturated rings. The van der Waals surface area contributed by atoms with Crippen molar-refractivity contribution in [2.75, 3.05) is 18.0 Å². The number of hydrogen-bond donors (Lipinski definition) is 0. The standard InChI is InChI=1S/C29H25N3O2/c1-19-16-32(23-11-9-22(10-12-23)31-17-24-13-14-25(18-31)34-24)29(33)27-4-2-3-26(28(19)27)21-7-5-20(15-30)6-8-21/h2-12,16,24-25H,13-14,17-18H2,1H3. The number of fused-ring (bicyclic) bond motifs is 3. The monoisotopic (exact) mass is 447 g/mol. The first-order chi connectivity index (χ1) is 16.6. The van der Waals surface area contributed by atoms with Crippen LogP contribution in [0.2, 0.25) is 0 Å². The van der Waals surface area contributed by atoms with Gasteiger partial charge in [-0.1, -0.05) is 24.3 Å². The number of nitriles is 1. The molecule has 3 aromatic carbocycles. The van der Waals surface area contributed by atoms with Crippen molar-refractivity contribution in [2.45, 2.75) is 32.0 Å². The van der Waals surface area contributed by atoms with Gasteiger partial charge in [-0.25, -0.2) is 0 Å². The highest BCUT2D eigenvalue weighted by molar-refractivity contribution is 5.98. The number of morpholine rings is 1. The van der Waals surface area contributed by atoms with Gasteiger partial charge in [0.2, 0.25) is 0 Å². The van der Waals surface area contributed by atoms with E-state index >= 15 is 0 Å². The van der Waals surface area contributed by atoms with Gasteiger partial charge in [0, 0.05) is 36.0 Å². The van der Waals surface area contributed by atoms with Gasteiger partial charge in [0.1, 0.15) is 0 Å². The summed E-state index contributed by atoms with van der Waals surface area (Å²) >= 11 is 0. The first kappa shape index (κ1) is 20.7. The molecule has 1 aromatic heterocycles. The lowest BCUT2D eigenvalue weighted by atomic mass is 9.96. The SMILES string of the molecule is Cc1cn(-c2ccc(N3CC4CCC(C3)O4)cc2)c(=O)c2cccc(-c3ccc(C#N)cc3)c12. The molecule has 0 aliphatic carbocycles. The van der Waals surface area contributed by atoms with Gasteiger partial charge < -0.3 is 9.64 Å². The smallest absolute Gasteiger partial charge is 0.262 e. The Morgan fingerprint density at radius 3 is 2.26 bits per heavy atom. The molecule has 6 rings (SSSR count). The van der Waals surface area contributed by atoms with Crippen molar-refractivity contribution in [3.8, 4) is 22.9 Å². The van der Waals surface area contributed by atoms with Crippen molar-refractivity contribution in [1.82, 2.24) is 4.57 Å². The minimum Gasteiger partial charge on any atom is -0.371 e. The van der Waals surface area contributed by atoms with Crippen molar-refractivity contribution in [1.29, 1.82) is 5.26 Å². The van der Waals surface area contributed by atoms with Crippen molar-refractivity contribution in [3.05, 3.63) is 94.4 Å². The number of nitrogens with zero attached hydrogens (tertiary/aromatic N) is 3. The molecule has 0 saturated carbocycles. The Bertz CT molecular complexity index is 1470. The number of ether oxygens (including phenoxy) is 1. The van der Waals surface area contributed by atoms with Crippen LogP contribution in [0.3, 0.4) is 0 Å². The Morgan fingerprint density at radius 1 is 0.912 bits per heavy atom. The molecule has 0 N–H and O–H groups in total. The van der Waals surface area contributed by atoms with E-state index in [1.807, 2.05) is 67.7 Å². The maximum Gasteiger partial charge on any atom is 0.262 e. The minimum absolute atomic E-state index is 0.0340. The highest BCUT2D eigenvalue weighted by Crippen LogP contribution is 2.32. The van der Waals surface area contributed by atoms with Crippen LogP contribution in [0.1, 0.15) is 24.0 Å². The molecule has 4 aromatic rings. The average Bonchev–Trinajstić information content (AvgIpc) is 3.23. The topological polar surface area (TPSA) is 58.3 Å². The fourth-order valence-corrected chi connectivity index (χ4v) is 5.41. The summed E-state index contributed by atoms with van der Waals surface area (Å²) in [6.45, 7) is 3.91. The summed E-state index contributed by atoms with van der Waals surface area (Å²) in [6, 6.07) is 23.8. The van der Waals surface area contributed by atoms with E-state index in [0.29, 0.717) is 23.2 Å². The Kier molecular flexibility index (Phi) is 4.97. The maximum absolute atomic E-state index is 13.5. The van der Waals surface area contributed by atoms with Crippen LogP contribution in [0.5, 0.6) is 0 Å². The lowest BCUT2D eigenvalue weighted by molar-refractivity contribution is 0.0305. The third-order valence-electron chi connectivity index (χ3n) is 7.09. The molecular formula is C29H25N3O2. The second-order valence-electron chi connectivity index (χ2n) is 9.28. The fraction of sp³-hybridized carbons (Fsp3) is 0.241. The highest BCUT2D eigenvalue weighted by Gasteiger charge is 2.33. The summed E-state index contributed by atoms with van der Waals surface area (Å²) in [5.41, 5.74) is 5.65. The first-order valence-electron chi connectivity index (χ1n) is 11.8. The van der Waals surface area contributed by atoms with E-state index in [-0.39, 0.29) is 5.56 Å². The number of rotatable bonds is 3. The van der Waals surface area contributed by atoms with Crippen LogP contribution in [0.25, 0.3) is 27.6 Å². The van der Waals surface area contributed by atoms with E-state index in [1.54, 1.807) is 4.57 Å². The van der Waals surface area contributed by atoms with Crippen molar-refractivity contribution >= 4 is 16.5 Å². The lowest BCUT2D eigenvalue weighted by Crippen LogP contribution is -2.42. The highest BCUT2D eigenvalue weighted by atomic mass is 16.5. The Labute approximate surface area is 198 Å². The van der Waals surface area contributed by atoms with Crippen LogP contribution in [-0.2, 0) is 4.74 Å². The molecule has 2 bridgehead atoms. The van der Waals surface area contributed by atoms with Gasteiger partial charge in [-0.05, 0) is 84.3 Å². The van der Waals surface area contributed by atoms with E-state index in [4.69, 9.17) is 10.00 Å². The van der Waals surface area contributed by atoms with Crippen molar-refractivity contribution in [2.24, 2.45) is 0 Å². The van der Waals surface area contributed by atoms with Crippen LogP contribution < -0.4 is 10.5 Å². The molecule has 2 atom stereocenters. The van der Waals surface area contributed by atoms with Gasteiger partial charge in [-0.3, -0.25) is 9.36 Å². The molecule has 2 unspecified atom stereocenters. The fourth-order valence-electron chi connectivity index (χ4n) is 5.41. The average molecular weight is 448 g/mol. The molecule has 34 heavy (non-hydrogen) atoms. The van der Waals surface area contributed by atoms with Gasteiger partial charge >= 0.3 is 0 Å². The molecule has 3 heterocycles. The lowest BCUT2D eigenvalue weighted by Gasteiger charge is -2.34. The molecule has 0 spiro atoms. The molecule has 5 heteroatoms. The summed E-state index contributed by atoms with van der Waals surface area (Å²) in [7, 11) is 0. The van der Waals surface area contributed by atoms with E-state index in [0.717, 1.165) is 53.7 Å². The van der Waals surface area contributed by atoms with E-state index < -0.39 is 0 Å². The predicted octanol–water partition coefficient (Wildman–Crippen LogP) is 5.21. The molecule has 0 amide bonds. The number of benzene rings is 3. The molecule has 5 nitrogen and oxygen atoms in total. The van der Waals surface area contributed by atoms with E-state index in [2.05, 4.69) is 23.1 Å². The van der Waals surface area contributed by atoms with Crippen LogP contribution >= 0.6 is 0 Å². The van der Waals surface area contributed by atoms with Crippen LogP contribution in [0.15, 0.2) is 77.7 Å². The number of aromatic nitrogens is 1. The van der Waals surface area contributed by atoms with Gasteiger partial charge in [-0.15, -0.1) is 0 Å². The van der Waals surface area contributed by atoms with Gasteiger partial charge in [0.15, 0.2) is 0 Å². The summed E-state index contributed by atoms with van der Waals surface area (Å²) in [5, 5.41) is 10.7. The second-order valence-corrected chi connectivity index (χ2v) is 9.28. The molecule has 168 valence electrons. The van der Waals surface area contributed by atoms with Gasteiger partial charge in [0.05, 0.1) is 23.8 Å². The second kappa shape index (κ2) is 8.16. The first-order valence-corrected chi connectivity index (χ1v) is 11.8. The van der Waals surface area contributed by atoms with Crippen LogP contribution in [0.4, 0.5) is 5.69 Å². The summed E-state index contributed by atoms with van der Waals surface area (Å²) in [6.07, 6.45) is 4.91. The summed E-state index contributed by atoms with van der Waals surface area (Å²) < 4.78 is 7.71. The quantitative estimate of drug-likeness (QED) is 0.433. The van der Waals surface area contributed by atoms with Gasteiger partial charge in [0.25, 0.3) is 5.56 Å². The predicted molar refractivity (Wildman–Crippen MR) is 135 cm³/mol. The van der Waals surface area contributed by atoms with E-state index in [9.17, 15) is 4.79 Å².